The lowest BCUT2D eigenvalue weighted by molar-refractivity contribution is 0.0364. The highest BCUT2D eigenvalue weighted by atomic mass is 32.1. The molecule has 3 N–H and O–H groups in total. The van der Waals surface area contributed by atoms with E-state index in [-0.39, 0.29) is 25.7 Å². The lowest BCUT2D eigenvalue weighted by Crippen LogP contribution is -2.41. The number of anilines is 2. The van der Waals surface area contributed by atoms with Crippen LogP contribution in [0.15, 0.2) is 29.8 Å². The van der Waals surface area contributed by atoms with E-state index < -0.39 is 5.41 Å². The van der Waals surface area contributed by atoms with E-state index in [4.69, 9.17) is 0 Å². The summed E-state index contributed by atoms with van der Waals surface area (Å²) in [4.78, 5) is 18.3. The van der Waals surface area contributed by atoms with Gasteiger partial charge >= 0.3 is 0 Å². The molecule has 0 aliphatic carbocycles. The molecule has 1 amide bonds. The van der Waals surface area contributed by atoms with Crippen LogP contribution in [0.5, 0.6) is 0 Å². The molecule has 0 aliphatic rings. The number of aromatic nitrogens is 1. The molecule has 0 unspecified atom stereocenters. The Morgan fingerprint density at radius 2 is 2.00 bits per heavy atom. The number of carbonyl (C=O) groups excluding carboxylic acids is 1. The lowest BCUT2D eigenvalue weighted by atomic mass is 9.92. The van der Waals surface area contributed by atoms with Crippen LogP contribution in [0.3, 0.4) is 0 Å². The zero-order valence-electron chi connectivity index (χ0n) is 14.1. The third kappa shape index (κ3) is 4.11. The monoisotopic (exact) mass is 349 g/mol. The number of amides is 1. The minimum Gasteiger partial charge on any atom is -0.396 e. The Morgan fingerprint density at radius 3 is 2.62 bits per heavy atom. The molecule has 1 aromatic heterocycles. The van der Waals surface area contributed by atoms with Gasteiger partial charge in [-0.15, -0.1) is 11.3 Å². The van der Waals surface area contributed by atoms with Gasteiger partial charge in [0.2, 0.25) is 0 Å². The third-order valence-electron chi connectivity index (χ3n) is 3.89. The lowest BCUT2D eigenvalue weighted by Gasteiger charge is -2.30. The van der Waals surface area contributed by atoms with Gasteiger partial charge in [-0.1, -0.05) is 25.1 Å². The topological polar surface area (TPSA) is 85.7 Å². The highest BCUT2D eigenvalue weighted by molar-refractivity contribution is 7.14. The van der Waals surface area contributed by atoms with Gasteiger partial charge < -0.3 is 20.4 Å². The molecule has 6 nitrogen and oxygen atoms in total. The van der Waals surface area contributed by atoms with Gasteiger partial charge in [0.05, 0.1) is 18.7 Å². The van der Waals surface area contributed by atoms with E-state index in [1.807, 2.05) is 31.2 Å². The van der Waals surface area contributed by atoms with Gasteiger partial charge in [-0.25, -0.2) is 4.98 Å². The first-order valence-electron chi connectivity index (χ1n) is 7.63. The zero-order chi connectivity index (χ0) is 17.7. The van der Waals surface area contributed by atoms with Crippen molar-refractivity contribution in [2.75, 3.05) is 32.1 Å². The molecule has 2 rings (SSSR count). The molecule has 0 fully saturated rings. The average molecular weight is 349 g/mol. The molecule has 0 aliphatic heterocycles. The van der Waals surface area contributed by atoms with Gasteiger partial charge in [-0.05, 0) is 18.6 Å². The average Bonchev–Trinajstić information content (AvgIpc) is 3.04. The molecule has 7 heteroatoms. The molecular weight excluding hydrogens is 326 g/mol. The SMILES string of the molecule is Cc1ccccc1Nc1scnc1C(=O)N(C)CC(C)(CO)CO. The van der Waals surface area contributed by atoms with Crippen LogP contribution in [-0.2, 0) is 0 Å². The van der Waals surface area contributed by atoms with Gasteiger partial charge in [-0.2, -0.15) is 0 Å². The number of aliphatic hydroxyl groups excluding tert-OH is 2. The quantitative estimate of drug-likeness (QED) is 0.714. The Balaban J connectivity index is 2.17. The molecule has 0 saturated heterocycles. The first kappa shape index (κ1) is 18.4. The molecule has 0 atom stereocenters. The Hall–Kier alpha value is -1.96. The molecule has 0 radical (unpaired) electrons. The van der Waals surface area contributed by atoms with Crippen molar-refractivity contribution in [3.63, 3.8) is 0 Å². The summed E-state index contributed by atoms with van der Waals surface area (Å²) in [6.07, 6.45) is 0. The molecule has 0 bridgehead atoms. The Morgan fingerprint density at radius 1 is 1.33 bits per heavy atom. The second-order valence-electron chi connectivity index (χ2n) is 6.26. The predicted octanol–water partition coefficient (Wildman–Crippen LogP) is 2.26. The number of nitrogens with one attached hydrogen (secondary N) is 1. The number of aryl methyl sites for hydroxylation is 1. The van der Waals surface area contributed by atoms with Crippen LogP contribution in [0.4, 0.5) is 10.7 Å². The summed E-state index contributed by atoms with van der Waals surface area (Å²) < 4.78 is 0. The standard InChI is InChI=1S/C17H23N3O3S/c1-12-6-4-5-7-13(12)19-15-14(18-11-24-15)16(23)20(3)8-17(2,9-21)10-22/h4-7,11,19,21-22H,8-10H2,1-3H3. The van der Waals surface area contributed by atoms with Crippen molar-refractivity contribution >= 4 is 27.9 Å². The van der Waals surface area contributed by atoms with Crippen molar-refractivity contribution in [3.05, 3.63) is 41.0 Å². The summed E-state index contributed by atoms with van der Waals surface area (Å²) in [7, 11) is 1.64. The van der Waals surface area contributed by atoms with Crippen LogP contribution in [0.2, 0.25) is 0 Å². The number of hydrogen-bond donors (Lipinski definition) is 3. The molecule has 1 heterocycles. The van der Waals surface area contributed by atoms with Gasteiger partial charge in [0, 0.05) is 24.7 Å². The molecule has 1 aromatic carbocycles. The predicted molar refractivity (Wildman–Crippen MR) is 95.8 cm³/mol. The maximum absolute atomic E-state index is 12.7. The van der Waals surface area contributed by atoms with Gasteiger partial charge in [0.1, 0.15) is 5.00 Å². The maximum Gasteiger partial charge on any atom is 0.275 e. The Bertz CT molecular complexity index is 698. The molecule has 130 valence electrons. The summed E-state index contributed by atoms with van der Waals surface area (Å²) in [6.45, 7) is 3.55. The summed E-state index contributed by atoms with van der Waals surface area (Å²) in [5.74, 6) is -0.250. The second-order valence-corrected chi connectivity index (χ2v) is 7.11. The number of thiazole rings is 1. The molecule has 2 aromatic rings. The fourth-order valence-electron chi connectivity index (χ4n) is 2.30. The van der Waals surface area contributed by atoms with Crippen molar-refractivity contribution in [2.24, 2.45) is 5.41 Å². The smallest absolute Gasteiger partial charge is 0.275 e. The molecule has 0 saturated carbocycles. The number of rotatable bonds is 7. The van der Waals surface area contributed by atoms with Crippen molar-refractivity contribution in [1.82, 2.24) is 9.88 Å². The first-order valence-corrected chi connectivity index (χ1v) is 8.51. The largest absolute Gasteiger partial charge is 0.396 e. The highest BCUT2D eigenvalue weighted by Gasteiger charge is 2.28. The third-order valence-corrected chi connectivity index (χ3v) is 4.63. The summed E-state index contributed by atoms with van der Waals surface area (Å²) in [5, 5.41) is 22.7. The number of carbonyl (C=O) groups is 1. The van der Waals surface area contributed by atoms with Gasteiger partial charge in [-0.3, -0.25) is 4.79 Å². The van der Waals surface area contributed by atoms with E-state index in [0.29, 0.717) is 10.7 Å². The maximum atomic E-state index is 12.7. The van der Waals surface area contributed by atoms with Crippen molar-refractivity contribution in [1.29, 1.82) is 0 Å². The first-order chi connectivity index (χ1) is 11.4. The minimum absolute atomic E-state index is 0.202. The number of benzene rings is 1. The van der Waals surface area contributed by atoms with Crippen LogP contribution >= 0.6 is 11.3 Å². The van der Waals surface area contributed by atoms with Crippen LogP contribution in [0.1, 0.15) is 23.0 Å². The second kappa shape index (κ2) is 7.74. The fourth-order valence-corrected chi connectivity index (χ4v) is 2.98. The number of hydrogen-bond acceptors (Lipinski definition) is 6. The van der Waals surface area contributed by atoms with E-state index in [1.165, 1.54) is 16.2 Å². The normalized spacial score (nSPS) is 11.4. The molecule has 24 heavy (non-hydrogen) atoms. The van der Waals surface area contributed by atoms with E-state index in [9.17, 15) is 15.0 Å². The number of aliphatic hydroxyl groups is 2. The summed E-state index contributed by atoms with van der Waals surface area (Å²) >= 11 is 1.36. The van der Waals surface area contributed by atoms with Crippen molar-refractivity contribution in [3.8, 4) is 0 Å². The van der Waals surface area contributed by atoms with E-state index in [2.05, 4.69) is 10.3 Å². The number of para-hydroxylation sites is 1. The van der Waals surface area contributed by atoms with Gasteiger partial charge in [0.25, 0.3) is 5.91 Å². The Kier molecular flexibility index (Phi) is 5.93. The highest BCUT2D eigenvalue weighted by Crippen LogP contribution is 2.28. The van der Waals surface area contributed by atoms with E-state index >= 15 is 0 Å². The van der Waals surface area contributed by atoms with Crippen molar-refractivity contribution < 1.29 is 15.0 Å². The van der Waals surface area contributed by atoms with Crippen LogP contribution in [0, 0.1) is 12.3 Å². The molecule has 0 spiro atoms. The van der Waals surface area contributed by atoms with Crippen LogP contribution in [0.25, 0.3) is 0 Å². The number of nitrogens with zero attached hydrogens (tertiary/aromatic N) is 2. The van der Waals surface area contributed by atoms with E-state index in [1.54, 1.807) is 19.5 Å². The Labute approximate surface area is 145 Å². The summed E-state index contributed by atoms with van der Waals surface area (Å²) in [5.41, 5.74) is 3.21. The van der Waals surface area contributed by atoms with Crippen LogP contribution < -0.4 is 5.32 Å². The zero-order valence-corrected chi connectivity index (χ0v) is 14.9. The molecular formula is C17H23N3O3S. The summed E-state index contributed by atoms with van der Waals surface area (Å²) in [6, 6.07) is 7.82. The van der Waals surface area contributed by atoms with Gasteiger partial charge in [0.15, 0.2) is 5.69 Å². The van der Waals surface area contributed by atoms with Crippen molar-refractivity contribution in [2.45, 2.75) is 13.8 Å². The van der Waals surface area contributed by atoms with E-state index in [0.717, 1.165) is 11.3 Å². The van der Waals surface area contributed by atoms with Crippen LogP contribution in [-0.4, -0.2) is 52.8 Å². The minimum atomic E-state index is -0.746. The fraction of sp³-hybridized carbons (Fsp3) is 0.412.